The summed E-state index contributed by atoms with van der Waals surface area (Å²) in [5.74, 6) is 0.283. The average molecular weight is 676 g/mol. The quantitative estimate of drug-likeness (QED) is 0.117. The Kier molecular flexibility index (Phi) is 10.3. The predicted octanol–water partition coefficient (Wildman–Crippen LogP) is 6.23. The highest BCUT2D eigenvalue weighted by atomic mass is 35.5. The molecule has 5 rings (SSSR count). The zero-order valence-electron chi connectivity index (χ0n) is 27.5. The molecule has 4 aromatic rings. The molecular weight excluding hydrogens is 638 g/mol. The summed E-state index contributed by atoms with van der Waals surface area (Å²) in [6, 6.07) is 15.7. The molecule has 0 saturated carbocycles. The Balaban J connectivity index is 1.44. The lowest BCUT2D eigenvalue weighted by Crippen LogP contribution is -2.49. The van der Waals surface area contributed by atoms with Gasteiger partial charge in [-0.25, -0.2) is 4.79 Å². The molecule has 3 heterocycles. The number of ether oxygens (including phenoxy) is 2. The maximum absolute atomic E-state index is 13.8. The number of rotatable bonds is 10. The average Bonchev–Trinajstić information content (AvgIpc) is 3.34. The second-order valence-corrected chi connectivity index (χ2v) is 12.9. The number of piperazine rings is 1. The lowest BCUT2D eigenvalue weighted by Gasteiger charge is -2.35. The van der Waals surface area contributed by atoms with Crippen molar-refractivity contribution in [2.24, 2.45) is 0 Å². The van der Waals surface area contributed by atoms with E-state index < -0.39 is 16.3 Å². The minimum atomic E-state index is -0.580. The van der Waals surface area contributed by atoms with Crippen LogP contribution in [0, 0.1) is 17.0 Å². The molecule has 14 heteroatoms. The van der Waals surface area contributed by atoms with E-state index in [1.807, 2.05) is 45.0 Å². The molecule has 48 heavy (non-hydrogen) atoms. The maximum atomic E-state index is 13.8. The zero-order chi connectivity index (χ0) is 34.6. The molecule has 1 N–H and O–H groups in total. The van der Waals surface area contributed by atoms with Gasteiger partial charge in [-0.05, 0) is 63.6 Å². The van der Waals surface area contributed by atoms with Crippen molar-refractivity contribution >= 4 is 40.7 Å². The van der Waals surface area contributed by atoms with Gasteiger partial charge < -0.3 is 19.7 Å². The molecule has 1 amide bonds. The molecule has 0 unspecified atom stereocenters. The lowest BCUT2D eigenvalue weighted by atomic mass is 10.0. The first kappa shape index (κ1) is 34.3. The fourth-order valence-corrected chi connectivity index (χ4v) is 5.55. The summed E-state index contributed by atoms with van der Waals surface area (Å²) >= 11 is 6.38. The van der Waals surface area contributed by atoms with Crippen LogP contribution in [0.25, 0.3) is 0 Å². The minimum absolute atomic E-state index is 0.0117. The Bertz CT molecular complexity index is 1810. The van der Waals surface area contributed by atoms with Gasteiger partial charge in [-0.2, -0.15) is 0 Å². The molecule has 0 spiro atoms. The normalized spacial score (nSPS) is 13.7. The number of nitrogens with zero attached hydrogens (tertiary/aromatic N) is 6. The van der Waals surface area contributed by atoms with Crippen molar-refractivity contribution in [1.29, 1.82) is 0 Å². The number of aromatic nitrogens is 3. The number of carbonyl (C=O) groups excluding carboxylic acids is 2. The summed E-state index contributed by atoms with van der Waals surface area (Å²) in [7, 11) is 1.58. The van der Waals surface area contributed by atoms with E-state index in [0.29, 0.717) is 55.5 Å². The number of carbonyl (C=O) groups is 2. The van der Waals surface area contributed by atoms with Gasteiger partial charge in [0.25, 0.3) is 0 Å². The number of hydrogen-bond acceptors (Lipinski definition) is 10. The second kappa shape index (κ2) is 14.4. The third-order valence-corrected chi connectivity index (χ3v) is 8.16. The highest BCUT2D eigenvalue weighted by molar-refractivity contribution is 6.35. The molecule has 0 atom stereocenters. The Morgan fingerprint density at radius 1 is 1.02 bits per heavy atom. The molecule has 0 bridgehead atoms. The van der Waals surface area contributed by atoms with E-state index in [2.05, 4.69) is 20.3 Å². The summed E-state index contributed by atoms with van der Waals surface area (Å²) in [5, 5.41) is 20.2. The zero-order valence-corrected chi connectivity index (χ0v) is 28.3. The minimum Gasteiger partial charge on any atom is -0.497 e. The first-order valence-electron chi connectivity index (χ1n) is 15.4. The van der Waals surface area contributed by atoms with Crippen molar-refractivity contribution in [2.75, 3.05) is 38.6 Å². The van der Waals surface area contributed by atoms with E-state index in [-0.39, 0.29) is 40.3 Å². The van der Waals surface area contributed by atoms with Crippen molar-refractivity contribution in [3.8, 4) is 5.75 Å². The first-order chi connectivity index (χ1) is 22.8. The molecule has 0 aliphatic carbocycles. The third-order valence-electron chi connectivity index (χ3n) is 7.84. The SMILES string of the molecule is COc1ccc(Cn2nc(Nc3cc(CN4CCN(C(=O)OC(C)(C)C)CC4)ncc3C(=O)c3ccccc3Cl)c([N+](=O)[O-])c2C)cc1. The van der Waals surface area contributed by atoms with Gasteiger partial charge >= 0.3 is 11.8 Å². The van der Waals surface area contributed by atoms with Crippen LogP contribution in [0.4, 0.5) is 22.0 Å². The Morgan fingerprint density at radius 2 is 1.71 bits per heavy atom. The Morgan fingerprint density at radius 3 is 2.33 bits per heavy atom. The topological polar surface area (TPSA) is 145 Å². The summed E-state index contributed by atoms with van der Waals surface area (Å²) in [6.07, 6.45) is 1.10. The number of nitrogens with one attached hydrogen (secondary N) is 1. The van der Waals surface area contributed by atoms with Gasteiger partial charge in [0.1, 0.15) is 17.0 Å². The summed E-state index contributed by atoms with van der Waals surface area (Å²) in [6.45, 7) is 9.98. The molecule has 2 aromatic heterocycles. The highest BCUT2D eigenvalue weighted by Crippen LogP contribution is 2.33. The van der Waals surface area contributed by atoms with E-state index in [4.69, 9.17) is 21.1 Å². The molecule has 252 valence electrons. The predicted molar refractivity (Wildman–Crippen MR) is 181 cm³/mol. The van der Waals surface area contributed by atoms with Crippen LogP contribution in [-0.4, -0.2) is 80.3 Å². The van der Waals surface area contributed by atoms with E-state index in [0.717, 1.165) is 5.56 Å². The number of benzene rings is 2. The van der Waals surface area contributed by atoms with Crippen molar-refractivity contribution in [3.63, 3.8) is 0 Å². The van der Waals surface area contributed by atoms with E-state index >= 15 is 0 Å². The van der Waals surface area contributed by atoms with Crippen LogP contribution in [0.15, 0.2) is 60.8 Å². The van der Waals surface area contributed by atoms with Crippen LogP contribution in [0.1, 0.15) is 53.6 Å². The smallest absolute Gasteiger partial charge is 0.410 e. The fraction of sp³-hybridized carbons (Fsp3) is 0.353. The standard InChI is InChI=1S/C34H38ClN7O6/c1-22-30(42(45)46)32(38-41(22)20-23-10-12-25(47-5)13-11-23)37-29-18-24(36-19-27(29)31(43)26-8-6-7-9-28(26)35)21-39-14-16-40(17-15-39)33(44)48-34(2,3)4/h6-13,18-19H,14-17,20-21H2,1-5H3,(H,36,37,38). The van der Waals surface area contributed by atoms with Crippen LogP contribution < -0.4 is 10.1 Å². The molecule has 1 aliphatic heterocycles. The number of ketones is 1. The van der Waals surface area contributed by atoms with E-state index in [1.165, 1.54) is 6.20 Å². The van der Waals surface area contributed by atoms with Crippen molar-refractivity contribution in [2.45, 2.75) is 46.4 Å². The van der Waals surface area contributed by atoms with Gasteiger partial charge in [-0.15, -0.1) is 5.10 Å². The molecular formula is C34H38ClN7O6. The highest BCUT2D eigenvalue weighted by Gasteiger charge is 2.29. The maximum Gasteiger partial charge on any atom is 0.410 e. The monoisotopic (exact) mass is 675 g/mol. The largest absolute Gasteiger partial charge is 0.497 e. The molecule has 13 nitrogen and oxygen atoms in total. The van der Waals surface area contributed by atoms with Crippen molar-refractivity contribution in [3.05, 3.63) is 104 Å². The second-order valence-electron chi connectivity index (χ2n) is 12.4. The molecule has 0 radical (unpaired) electrons. The van der Waals surface area contributed by atoms with Crippen LogP contribution in [0.3, 0.4) is 0 Å². The summed E-state index contributed by atoms with van der Waals surface area (Å²) in [5.41, 5.74) is 1.79. The molecule has 1 saturated heterocycles. The van der Waals surface area contributed by atoms with Gasteiger partial charge in [0, 0.05) is 44.5 Å². The molecule has 1 aliphatic rings. The van der Waals surface area contributed by atoms with Crippen LogP contribution >= 0.6 is 11.6 Å². The van der Waals surface area contributed by atoms with E-state index in [9.17, 15) is 19.7 Å². The summed E-state index contributed by atoms with van der Waals surface area (Å²) in [4.78, 5) is 46.5. The number of halogens is 1. The van der Waals surface area contributed by atoms with Gasteiger partial charge in [-0.1, -0.05) is 35.9 Å². The number of pyridine rings is 1. The van der Waals surface area contributed by atoms with E-state index in [1.54, 1.807) is 53.9 Å². The molecule has 2 aromatic carbocycles. The lowest BCUT2D eigenvalue weighted by molar-refractivity contribution is -0.384. The van der Waals surface area contributed by atoms with Gasteiger partial charge in [0.2, 0.25) is 5.82 Å². The van der Waals surface area contributed by atoms with Crippen molar-refractivity contribution in [1.82, 2.24) is 24.6 Å². The first-order valence-corrected chi connectivity index (χ1v) is 15.8. The van der Waals surface area contributed by atoms with Gasteiger partial charge in [-0.3, -0.25) is 29.5 Å². The Hall–Kier alpha value is -5.01. The summed E-state index contributed by atoms with van der Waals surface area (Å²) < 4.78 is 12.3. The molecule has 1 fully saturated rings. The van der Waals surface area contributed by atoms with Crippen LogP contribution in [0.2, 0.25) is 5.02 Å². The number of hydrogen-bond donors (Lipinski definition) is 1. The van der Waals surface area contributed by atoms with Crippen LogP contribution in [-0.2, 0) is 17.8 Å². The number of amides is 1. The fourth-order valence-electron chi connectivity index (χ4n) is 5.33. The Labute approximate surface area is 283 Å². The third kappa shape index (κ3) is 8.09. The van der Waals surface area contributed by atoms with Gasteiger partial charge in [0.05, 0.1) is 40.5 Å². The number of nitro groups is 1. The van der Waals surface area contributed by atoms with Crippen LogP contribution in [0.5, 0.6) is 5.75 Å². The van der Waals surface area contributed by atoms with Crippen molar-refractivity contribution < 1.29 is 24.0 Å². The number of anilines is 2. The number of methoxy groups -OCH3 is 1. The van der Waals surface area contributed by atoms with Gasteiger partial charge in [0.15, 0.2) is 5.78 Å².